The van der Waals surface area contributed by atoms with Crippen molar-refractivity contribution in [2.24, 2.45) is 0 Å². The molecule has 0 aliphatic carbocycles. The molecule has 1 N–H and O–H groups in total. The molecular formula is C10H12F3N3O. The van der Waals surface area contributed by atoms with Crippen molar-refractivity contribution in [2.45, 2.75) is 25.1 Å². The van der Waals surface area contributed by atoms with Gasteiger partial charge in [0.05, 0.1) is 12.2 Å². The molecule has 0 spiro atoms. The minimum atomic E-state index is -4.61. The zero-order chi connectivity index (χ0) is 12.7. The summed E-state index contributed by atoms with van der Waals surface area (Å²) in [5.41, 5.74) is -1.95. The van der Waals surface area contributed by atoms with Crippen molar-refractivity contribution < 1.29 is 18.3 Å². The Hall–Kier alpha value is -1.37. The molecule has 7 heteroatoms. The zero-order valence-electron chi connectivity index (χ0n) is 9.20. The molecule has 0 saturated carbocycles. The second-order valence-corrected chi connectivity index (χ2v) is 4.23. The standard InChI is InChI=1S/C10H12F3N3O/c1-7-2-3-8(15-14-7)16-5-4-9(17,6-16)10(11,12)13/h2-3,17H,4-6H2,1H3/t9-/m1/s1. The van der Waals surface area contributed by atoms with Crippen LogP contribution >= 0.6 is 0 Å². The predicted molar refractivity (Wildman–Crippen MR) is 54.6 cm³/mol. The smallest absolute Gasteiger partial charge is 0.379 e. The van der Waals surface area contributed by atoms with E-state index in [0.29, 0.717) is 11.5 Å². The molecule has 0 unspecified atom stereocenters. The molecule has 4 nitrogen and oxygen atoms in total. The van der Waals surface area contributed by atoms with Gasteiger partial charge >= 0.3 is 6.18 Å². The van der Waals surface area contributed by atoms with Gasteiger partial charge in [0.25, 0.3) is 0 Å². The third-order valence-electron chi connectivity index (χ3n) is 2.88. The molecular weight excluding hydrogens is 235 g/mol. The van der Waals surface area contributed by atoms with Crippen LogP contribution in [0.25, 0.3) is 0 Å². The molecule has 1 aromatic rings. The molecule has 17 heavy (non-hydrogen) atoms. The van der Waals surface area contributed by atoms with Crippen molar-refractivity contribution in [3.8, 4) is 0 Å². The number of aromatic nitrogens is 2. The average Bonchev–Trinajstić information content (AvgIpc) is 2.63. The lowest BCUT2D eigenvalue weighted by atomic mass is 10.0. The van der Waals surface area contributed by atoms with E-state index in [1.807, 2.05) is 0 Å². The highest BCUT2D eigenvalue weighted by Gasteiger charge is 2.57. The molecule has 1 fully saturated rings. The van der Waals surface area contributed by atoms with Crippen molar-refractivity contribution in [2.75, 3.05) is 18.0 Å². The first-order chi connectivity index (χ1) is 7.82. The number of hydrogen-bond donors (Lipinski definition) is 1. The molecule has 2 rings (SSSR count). The van der Waals surface area contributed by atoms with Gasteiger partial charge in [0.15, 0.2) is 11.4 Å². The molecule has 0 amide bonds. The number of aryl methyl sites for hydroxylation is 1. The molecule has 1 aliphatic rings. The summed E-state index contributed by atoms with van der Waals surface area (Å²) in [5, 5.41) is 17.1. The molecule has 1 aliphatic heterocycles. The zero-order valence-corrected chi connectivity index (χ0v) is 9.20. The minimum absolute atomic E-state index is 0.119. The SMILES string of the molecule is Cc1ccc(N2CC[C@](O)(C(F)(F)F)C2)nn1. The van der Waals surface area contributed by atoms with Gasteiger partial charge in [0.1, 0.15) is 0 Å². The lowest BCUT2D eigenvalue weighted by Gasteiger charge is -2.26. The maximum atomic E-state index is 12.6. The van der Waals surface area contributed by atoms with Crippen molar-refractivity contribution in [3.63, 3.8) is 0 Å². The van der Waals surface area contributed by atoms with E-state index in [2.05, 4.69) is 10.2 Å². The molecule has 0 radical (unpaired) electrons. The largest absolute Gasteiger partial charge is 0.418 e. The van der Waals surface area contributed by atoms with Gasteiger partial charge in [-0.2, -0.15) is 18.3 Å². The number of aliphatic hydroxyl groups is 1. The highest BCUT2D eigenvalue weighted by Crippen LogP contribution is 2.38. The van der Waals surface area contributed by atoms with E-state index in [1.54, 1.807) is 19.1 Å². The van der Waals surface area contributed by atoms with E-state index in [-0.39, 0.29) is 13.0 Å². The van der Waals surface area contributed by atoms with Crippen LogP contribution in [0.15, 0.2) is 12.1 Å². The summed E-state index contributed by atoms with van der Waals surface area (Å²) in [4.78, 5) is 1.39. The van der Waals surface area contributed by atoms with Crippen LogP contribution < -0.4 is 4.90 Å². The summed E-state index contributed by atoms with van der Waals surface area (Å²) >= 11 is 0. The number of alkyl halides is 3. The van der Waals surface area contributed by atoms with E-state index in [1.165, 1.54) is 4.90 Å². The third kappa shape index (κ3) is 2.19. The Kier molecular flexibility index (Phi) is 2.73. The molecule has 0 aromatic carbocycles. The van der Waals surface area contributed by atoms with E-state index in [4.69, 9.17) is 0 Å². The number of β-amino-alcohol motifs (C(OH)–C–C–N with tert-alkyl or cyclic N) is 1. The number of hydrogen-bond acceptors (Lipinski definition) is 4. The highest BCUT2D eigenvalue weighted by molar-refractivity contribution is 5.40. The highest BCUT2D eigenvalue weighted by atomic mass is 19.4. The predicted octanol–water partition coefficient (Wildman–Crippen LogP) is 1.29. The summed E-state index contributed by atoms with van der Waals surface area (Å²) in [5.74, 6) is 0.357. The van der Waals surface area contributed by atoms with Gasteiger partial charge in [0, 0.05) is 13.0 Å². The fourth-order valence-corrected chi connectivity index (χ4v) is 1.78. The summed E-state index contributed by atoms with van der Waals surface area (Å²) in [6.45, 7) is 1.37. The normalized spacial score (nSPS) is 25.4. The minimum Gasteiger partial charge on any atom is -0.379 e. The molecule has 1 atom stereocenters. The maximum Gasteiger partial charge on any atom is 0.418 e. The van der Waals surface area contributed by atoms with E-state index in [0.717, 1.165) is 0 Å². The first-order valence-electron chi connectivity index (χ1n) is 5.16. The fourth-order valence-electron chi connectivity index (χ4n) is 1.78. The van der Waals surface area contributed by atoms with E-state index < -0.39 is 18.3 Å². The van der Waals surface area contributed by atoms with Crippen molar-refractivity contribution >= 4 is 5.82 Å². The molecule has 94 valence electrons. The number of halogens is 3. The van der Waals surface area contributed by atoms with Gasteiger partial charge in [-0.3, -0.25) is 0 Å². The summed E-state index contributed by atoms with van der Waals surface area (Å²) in [7, 11) is 0. The third-order valence-corrected chi connectivity index (χ3v) is 2.88. The molecule has 0 bridgehead atoms. The van der Waals surface area contributed by atoms with Crippen LogP contribution in [-0.4, -0.2) is 40.2 Å². The summed E-state index contributed by atoms with van der Waals surface area (Å²) < 4.78 is 37.8. The Morgan fingerprint density at radius 2 is 2.06 bits per heavy atom. The quantitative estimate of drug-likeness (QED) is 0.812. The Morgan fingerprint density at radius 3 is 2.53 bits per heavy atom. The second kappa shape index (κ2) is 3.83. The number of nitrogens with zero attached hydrogens (tertiary/aromatic N) is 3. The maximum absolute atomic E-state index is 12.6. The van der Waals surface area contributed by atoms with E-state index in [9.17, 15) is 18.3 Å². The van der Waals surface area contributed by atoms with Crippen LogP contribution in [0.3, 0.4) is 0 Å². The van der Waals surface area contributed by atoms with Crippen LogP contribution in [-0.2, 0) is 0 Å². The second-order valence-electron chi connectivity index (χ2n) is 4.23. The molecule has 1 aromatic heterocycles. The van der Waals surface area contributed by atoms with Gasteiger partial charge in [-0.15, -0.1) is 5.10 Å². The lowest BCUT2D eigenvalue weighted by molar-refractivity contribution is -0.250. The average molecular weight is 247 g/mol. The van der Waals surface area contributed by atoms with Crippen LogP contribution in [0.5, 0.6) is 0 Å². The van der Waals surface area contributed by atoms with Gasteiger partial charge in [-0.25, -0.2) is 0 Å². The molecule has 1 saturated heterocycles. The van der Waals surface area contributed by atoms with Gasteiger partial charge in [-0.1, -0.05) is 0 Å². The van der Waals surface area contributed by atoms with Crippen LogP contribution in [0.1, 0.15) is 12.1 Å². The Labute approximate surface area is 96.1 Å². The summed E-state index contributed by atoms with van der Waals surface area (Å²) in [6, 6.07) is 3.28. The Morgan fingerprint density at radius 1 is 1.35 bits per heavy atom. The van der Waals surface area contributed by atoms with Crippen molar-refractivity contribution in [1.82, 2.24) is 10.2 Å². The lowest BCUT2D eigenvalue weighted by Crippen LogP contribution is -2.47. The monoisotopic (exact) mass is 247 g/mol. The van der Waals surface area contributed by atoms with E-state index >= 15 is 0 Å². The Bertz CT molecular complexity index is 406. The van der Waals surface area contributed by atoms with Gasteiger partial charge in [-0.05, 0) is 19.1 Å². The number of rotatable bonds is 1. The fraction of sp³-hybridized carbons (Fsp3) is 0.600. The van der Waals surface area contributed by atoms with Crippen molar-refractivity contribution in [3.05, 3.63) is 17.8 Å². The Balaban J connectivity index is 2.15. The summed E-state index contributed by atoms with van der Waals surface area (Å²) in [6.07, 6.45) is -4.95. The first-order valence-corrected chi connectivity index (χ1v) is 5.16. The number of anilines is 1. The van der Waals surface area contributed by atoms with Crippen LogP contribution in [0.2, 0.25) is 0 Å². The van der Waals surface area contributed by atoms with Gasteiger partial charge in [0.2, 0.25) is 0 Å². The molecule has 2 heterocycles. The first kappa shape index (κ1) is 12.1. The van der Waals surface area contributed by atoms with Crippen LogP contribution in [0.4, 0.5) is 19.0 Å². The van der Waals surface area contributed by atoms with Crippen molar-refractivity contribution in [1.29, 1.82) is 0 Å². The van der Waals surface area contributed by atoms with Crippen LogP contribution in [0, 0.1) is 6.92 Å². The van der Waals surface area contributed by atoms with Gasteiger partial charge < -0.3 is 10.0 Å². The topological polar surface area (TPSA) is 49.2 Å².